The van der Waals surface area contributed by atoms with Gasteiger partial charge in [-0.15, -0.1) is 0 Å². The van der Waals surface area contributed by atoms with Crippen molar-refractivity contribution in [3.8, 4) is 0 Å². The molecule has 0 bridgehead atoms. The van der Waals surface area contributed by atoms with Crippen LogP contribution in [0.15, 0.2) is 24.3 Å². The molecule has 1 aromatic heterocycles. The van der Waals surface area contributed by atoms with Crippen LogP contribution >= 0.6 is 0 Å². The lowest BCUT2D eigenvalue weighted by atomic mass is 10.3. The first-order valence-electron chi connectivity index (χ1n) is 9.71. The smallest absolute Gasteiger partial charge is 0.240 e. The molecule has 0 aliphatic rings. The largest absolute Gasteiger partial charge is 0.382 e. The summed E-state index contributed by atoms with van der Waals surface area (Å²) in [6, 6.07) is 7.83. The number of fused-ring (bicyclic) bond motifs is 1. The van der Waals surface area contributed by atoms with Crippen LogP contribution in [0, 0.1) is 0 Å². The summed E-state index contributed by atoms with van der Waals surface area (Å²) >= 11 is 0. The topological polar surface area (TPSA) is 85.2 Å². The van der Waals surface area contributed by atoms with Gasteiger partial charge in [-0.05, 0) is 31.9 Å². The van der Waals surface area contributed by atoms with Gasteiger partial charge < -0.3 is 19.9 Å². The van der Waals surface area contributed by atoms with Crippen LogP contribution in [-0.2, 0) is 27.3 Å². The molecule has 7 nitrogen and oxygen atoms in total. The number of benzene rings is 1. The molecule has 2 aromatic rings. The predicted molar refractivity (Wildman–Crippen MR) is 105 cm³/mol. The number of ether oxygens (including phenoxy) is 1. The second-order valence-corrected chi connectivity index (χ2v) is 6.31. The summed E-state index contributed by atoms with van der Waals surface area (Å²) in [4.78, 5) is 28.4. The van der Waals surface area contributed by atoms with Gasteiger partial charge in [0.25, 0.3) is 0 Å². The molecule has 2 amide bonds. The number of carbonyl (C=O) groups is 2. The normalized spacial score (nSPS) is 10.9. The van der Waals surface area contributed by atoms with Crippen molar-refractivity contribution in [1.82, 2.24) is 20.2 Å². The van der Waals surface area contributed by atoms with Crippen molar-refractivity contribution >= 4 is 22.8 Å². The van der Waals surface area contributed by atoms with Crippen LogP contribution in [0.2, 0.25) is 0 Å². The lowest BCUT2D eigenvalue weighted by Crippen LogP contribution is -2.29. The molecule has 0 saturated carbocycles. The molecular formula is C20H30N4O3. The summed E-state index contributed by atoms with van der Waals surface area (Å²) in [5.41, 5.74) is 1.84. The van der Waals surface area contributed by atoms with Gasteiger partial charge in [-0.3, -0.25) is 9.59 Å². The molecule has 1 aromatic carbocycles. The quantitative estimate of drug-likeness (QED) is 0.557. The molecule has 0 saturated heterocycles. The molecule has 2 rings (SSSR count). The van der Waals surface area contributed by atoms with Gasteiger partial charge in [0.2, 0.25) is 11.8 Å². The van der Waals surface area contributed by atoms with E-state index in [0.717, 1.165) is 29.7 Å². The van der Waals surface area contributed by atoms with Crippen LogP contribution in [0.3, 0.4) is 0 Å². The molecule has 27 heavy (non-hydrogen) atoms. The van der Waals surface area contributed by atoms with Crippen molar-refractivity contribution < 1.29 is 14.3 Å². The van der Waals surface area contributed by atoms with E-state index in [2.05, 4.69) is 15.6 Å². The van der Waals surface area contributed by atoms with E-state index in [0.29, 0.717) is 39.1 Å². The number of aryl methyl sites for hydroxylation is 1. The van der Waals surface area contributed by atoms with Gasteiger partial charge in [0.05, 0.1) is 11.0 Å². The zero-order chi connectivity index (χ0) is 19.5. The highest BCUT2D eigenvalue weighted by Crippen LogP contribution is 2.17. The Kier molecular flexibility index (Phi) is 8.77. The fourth-order valence-corrected chi connectivity index (χ4v) is 2.84. The minimum Gasteiger partial charge on any atom is -0.382 e. The van der Waals surface area contributed by atoms with Crippen LogP contribution in [0.5, 0.6) is 0 Å². The first kappa shape index (κ1) is 20.9. The number of rotatable bonds is 12. The number of hydrogen-bond acceptors (Lipinski definition) is 4. The summed E-state index contributed by atoms with van der Waals surface area (Å²) in [5, 5.41) is 5.81. The monoisotopic (exact) mass is 374 g/mol. The van der Waals surface area contributed by atoms with Crippen molar-refractivity contribution in [1.29, 1.82) is 0 Å². The Bertz CT molecular complexity index is 742. The van der Waals surface area contributed by atoms with Gasteiger partial charge in [0.15, 0.2) is 0 Å². The first-order valence-corrected chi connectivity index (χ1v) is 9.71. The fourth-order valence-electron chi connectivity index (χ4n) is 2.84. The molecule has 0 fully saturated rings. The standard InChI is InChI=1S/C20H30N4O3/c1-3-19(25)21-12-7-11-18-23-16-9-5-6-10-17(16)24(18)15-20(26)22-13-8-14-27-4-2/h5-6,9-10H,3-4,7-8,11-15H2,1-2H3,(H,21,25)(H,22,26). The second kappa shape index (κ2) is 11.3. The van der Waals surface area contributed by atoms with E-state index in [1.807, 2.05) is 42.7 Å². The van der Waals surface area contributed by atoms with Gasteiger partial charge in [-0.1, -0.05) is 19.1 Å². The van der Waals surface area contributed by atoms with Crippen molar-refractivity contribution in [2.45, 2.75) is 46.1 Å². The summed E-state index contributed by atoms with van der Waals surface area (Å²) < 4.78 is 7.25. The van der Waals surface area contributed by atoms with Crippen LogP contribution in [0.4, 0.5) is 0 Å². The van der Waals surface area contributed by atoms with E-state index in [4.69, 9.17) is 4.74 Å². The van der Waals surface area contributed by atoms with Crippen LogP contribution in [0.25, 0.3) is 11.0 Å². The fraction of sp³-hybridized carbons (Fsp3) is 0.550. The van der Waals surface area contributed by atoms with Crippen LogP contribution in [0.1, 0.15) is 38.9 Å². The number of aromatic nitrogens is 2. The SMILES string of the molecule is CCOCCCNC(=O)Cn1c(CCCNC(=O)CC)nc2ccccc21. The van der Waals surface area contributed by atoms with Crippen molar-refractivity contribution in [3.05, 3.63) is 30.1 Å². The van der Waals surface area contributed by atoms with Gasteiger partial charge in [-0.2, -0.15) is 0 Å². The van der Waals surface area contributed by atoms with E-state index < -0.39 is 0 Å². The summed E-state index contributed by atoms with van der Waals surface area (Å²) in [7, 11) is 0. The number of carbonyl (C=O) groups excluding carboxylic acids is 2. The van der Waals surface area contributed by atoms with Crippen molar-refractivity contribution in [2.24, 2.45) is 0 Å². The predicted octanol–water partition coefficient (Wildman–Crippen LogP) is 2.04. The number of hydrogen-bond donors (Lipinski definition) is 2. The number of amides is 2. The molecule has 0 aliphatic heterocycles. The molecule has 0 unspecified atom stereocenters. The molecule has 7 heteroatoms. The van der Waals surface area contributed by atoms with Crippen molar-refractivity contribution in [2.75, 3.05) is 26.3 Å². The Labute approximate surface area is 160 Å². The van der Waals surface area contributed by atoms with E-state index in [9.17, 15) is 9.59 Å². The number of imidazole rings is 1. The zero-order valence-corrected chi connectivity index (χ0v) is 16.3. The molecule has 0 spiro atoms. The van der Waals surface area contributed by atoms with Crippen LogP contribution < -0.4 is 10.6 Å². The maximum atomic E-state index is 12.3. The maximum Gasteiger partial charge on any atom is 0.240 e. The van der Waals surface area contributed by atoms with E-state index in [-0.39, 0.29) is 18.4 Å². The van der Waals surface area contributed by atoms with E-state index >= 15 is 0 Å². The Morgan fingerprint density at radius 3 is 2.59 bits per heavy atom. The lowest BCUT2D eigenvalue weighted by molar-refractivity contribution is -0.122. The first-order chi connectivity index (χ1) is 13.2. The van der Waals surface area contributed by atoms with Gasteiger partial charge in [0.1, 0.15) is 12.4 Å². The van der Waals surface area contributed by atoms with E-state index in [1.54, 1.807) is 0 Å². The third-order valence-corrected chi connectivity index (χ3v) is 4.25. The lowest BCUT2D eigenvalue weighted by Gasteiger charge is -2.10. The minimum absolute atomic E-state index is 0.0322. The molecule has 1 heterocycles. The molecule has 0 radical (unpaired) electrons. The Morgan fingerprint density at radius 1 is 1.07 bits per heavy atom. The van der Waals surface area contributed by atoms with E-state index in [1.165, 1.54) is 0 Å². The molecule has 148 valence electrons. The Hall–Kier alpha value is -2.41. The van der Waals surface area contributed by atoms with Gasteiger partial charge >= 0.3 is 0 Å². The number of para-hydroxylation sites is 2. The summed E-state index contributed by atoms with van der Waals surface area (Å²) in [6.45, 7) is 6.59. The molecule has 2 N–H and O–H groups in total. The molecule has 0 atom stereocenters. The van der Waals surface area contributed by atoms with Crippen LogP contribution in [-0.4, -0.2) is 47.7 Å². The maximum absolute atomic E-state index is 12.3. The summed E-state index contributed by atoms with van der Waals surface area (Å²) in [5.74, 6) is 0.886. The highest BCUT2D eigenvalue weighted by molar-refractivity contribution is 5.81. The highest BCUT2D eigenvalue weighted by Gasteiger charge is 2.13. The third-order valence-electron chi connectivity index (χ3n) is 4.25. The van der Waals surface area contributed by atoms with Crippen molar-refractivity contribution in [3.63, 3.8) is 0 Å². The Balaban J connectivity index is 1.96. The molecule has 0 aliphatic carbocycles. The van der Waals surface area contributed by atoms with Gasteiger partial charge in [-0.25, -0.2) is 4.98 Å². The number of nitrogens with zero attached hydrogens (tertiary/aromatic N) is 2. The average molecular weight is 374 g/mol. The average Bonchev–Trinajstić information content (AvgIpc) is 3.02. The second-order valence-electron chi connectivity index (χ2n) is 6.31. The summed E-state index contributed by atoms with van der Waals surface area (Å²) in [6.07, 6.45) is 2.78. The number of nitrogens with one attached hydrogen (secondary N) is 2. The molecular weight excluding hydrogens is 344 g/mol. The zero-order valence-electron chi connectivity index (χ0n) is 16.3. The van der Waals surface area contributed by atoms with Gasteiger partial charge in [0, 0.05) is 39.1 Å². The Morgan fingerprint density at radius 2 is 1.81 bits per heavy atom. The highest BCUT2D eigenvalue weighted by atomic mass is 16.5. The minimum atomic E-state index is -0.0322. The third kappa shape index (κ3) is 6.67.